The molecule has 1 aromatic rings. The van der Waals surface area contributed by atoms with E-state index >= 15 is 0 Å². The molecule has 0 saturated carbocycles. The molecule has 0 atom stereocenters. The number of rotatable bonds is 3. The fourth-order valence-corrected chi connectivity index (χ4v) is 2.66. The van der Waals surface area contributed by atoms with Gasteiger partial charge < -0.3 is 14.6 Å². The van der Waals surface area contributed by atoms with Crippen LogP contribution in [0.1, 0.15) is 38.3 Å². The van der Waals surface area contributed by atoms with Gasteiger partial charge >= 0.3 is 7.12 Å². The number of hydrogen-bond acceptors (Lipinski definition) is 4. The molecule has 0 saturated heterocycles. The molecule has 6 heteroatoms. The summed E-state index contributed by atoms with van der Waals surface area (Å²) in [4.78, 5) is 0. The SMILES string of the molecule is CC(C)(C)[Si](C)(C)ON=C1CCc2cc(B(O)O)ccc21. The van der Waals surface area contributed by atoms with Crippen molar-refractivity contribution in [2.45, 2.75) is 51.7 Å². The van der Waals surface area contributed by atoms with Gasteiger partial charge in [-0.3, -0.25) is 0 Å². The Hall–Kier alpha value is -1.11. The van der Waals surface area contributed by atoms with E-state index in [1.807, 2.05) is 12.1 Å². The lowest BCUT2D eigenvalue weighted by Gasteiger charge is -2.33. The van der Waals surface area contributed by atoms with Crippen molar-refractivity contribution in [2.24, 2.45) is 5.16 Å². The summed E-state index contributed by atoms with van der Waals surface area (Å²) in [6, 6.07) is 5.48. The fraction of sp³-hybridized carbons (Fsp3) is 0.533. The third-order valence-electron chi connectivity index (χ3n) is 4.56. The maximum Gasteiger partial charge on any atom is 0.488 e. The van der Waals surface area contributed by atoms with Gasteiger partial charge in [0.1, 0.15) is 0 Å². The number of oxime groups is 1. The van der Waals surface area contributed by atoms with E-state index in [1.54, 1.807) is 6.07 Å². The molecular weight excluding hydrogens is 281 g/mol. The highest BCUT2D eigenvalue weighted by Crippen LogP contribution is 2.37. The Balaban J connectivity index is 2.21. The molecule has 1 aliphatic carbocycles. The van der Waals surface area contributed by atoms with Crippen LogP contribution in [0.15, 0.2) is 23.4 Å². The van der Waals surface area contributed by atoms with Gasteiger partial charge in [-0.05, 0) is 42.0 Å². The van der Waals surface area contributed by atoms with Gasteiger partial charge in [-0.15, -0.1) is 5.16 Å². The molecule has 21 heavy (non-hydrogen) atoms. The Morgan fingerprint density at radius 2 is 1.86 bits per heavy atom. The smallest absolute Gasteiger partial charge is 0.455 e. The second kappa shape index (κ2) is 5.59. The second-order valence-corrected chi connectivity index (χ2v) is 11.9. The zero-order valence-corrected chi connectivity index (χ0v) is 14.5. The summed E-state index contributed by atoms with van der Waals surface area (Å²) in [5, 5.41) is 23.0. The Labute approximate surface area is 128 Å². The predicted molar refractivity (Wildman–Crippen MR) is 89.4 cm³/mol. The van der Waals surface area contributed by atoms with E-state index in [-0.39, 0.29) is 5.04 Å². The van der Waals surface area contributed by atoms with Crippen LogP contribution in [0.4, 0.5) is 0 Å². The van der Waals surface area contributed by atoms with Crippen molar-refractivity contribution in [3.05, 3.63) is 29.3 Å². The van der Waals surface area contributed by atoms with Crippen LogP contribution in [-0.4, -0.2) is 31.2 Å². The lowest BCUT2D eigenvalue weighted by atomic mass is 9.79. The third-order valence-corrected chi connectivity index (χ3v) is 8.72. The van der Waals surface area contributed by atoms with Crippen LogP contribution in [0.5, 0.6) is 0 Å². The van der Waals surface area contributed by atoms with E-state index in [0.717, 1.165) is 29.7 Å². The molecule has 0 aromatic heterocycles. The highest BCUT2D eigenvalue weighted by atomic mass is 28.4. The van der Waals surface area contributed by atoms with E-state index in [1.165, 1.54) is 0 Å². The number of benzene rings is 1. The molecule has 0 spiro atoms. The highest BCUT2D eigenvalue weighted by Gasteiger charge is 2.40. The van der Waals surface area contributed by atoms with Gasteiger partial charge in [0.15, 0.2) is 0 Å². The van der Waals surface area contributed by atoms with Crippen molar-refractivity contribution in [1.82, 2.24) is 0 Å². The first kappa shape index (κ1) is 16.3. The number of hydrogen-bond donors (Lipinski definition) is 2. The van der Waals surface area contributed by atoms with Crippen LogP contribution in [0.2, 0.25) is 18.1 Å². The Morgan fingerprint density at radius 3 is 2.43 bits per heavy atom. The van der Waals surface area contributed by atoms with Gasteiger partial charge in [0, 0.05) is 5.56 Å². The van der Waals surface area contributed by atoms with Crippen LogP contribution in [0.25, 0.3) is 0 Å². The maximum absolute atomic E-state index is 9.23. The first-order chi connectivity index (χ1) is 9.62. The van der Waals surface area contributed by atoms with E-state index < -0.39 is 15.4 Å². The molecule has 4 nitrogen and oxygen atoms in total. The molecular formula is C15H24BNO3Si. The van der Waals surface area contributed by atoms with Gasteiger partial charge in [0.05, 0.1) is 5.71 Å². The van der Waals surface area contributed by atoms with Crippen molar-refractivity contribution < 1.29 is 14.6 Å². The normalized spacial score (nSPS) is 17.0. The van der Waals surface area contributed by atoms with Crippen LogP contribution in [-0.2, 0) is 10.9 Å². The summed E-state index contributed by atoms with van der Waals surface area (Å²) >= 11 is 0. The molecule has 0 unspecified atom stereocenters. The minimum absolute atomic E-state index is 0.128. The maximum atomic E-state index is 9.23. The minimum atomic E-state index is -1.89. The van der Waals surface area contributed by atoms with Gasteiger partial charge in [-0.1, -0.05) is 39.0 Å². The Bertz CT molecular complexity index is 565. The van der Waals surface area contributed by atoms with Crippen molar-refractivity contribution in [2.75, 3.05) is 0 Å². The quantitative estimate of drug-likeness (QED) is 0.663. The molecule has 2 N–H and O–H groups in total. The van der Waals surface area contributed by atoms with Gasteiger partial charge in [-0.2, -0.15) is 0 Å². The van der Waals surface area contributed by atoms with Gasteiger partial charge in [0.25, 0.3) is 8.32 Å². The summed E-state index contributed by atoms with van der Waals surface area (Å²) in [6.45, 7) is 10.9. The highest BCUT2D eigenvalue weighted by molar-refractivity contribution is 6.74. The molecule has 0 aliphatic heterocycles. The summed E-state index contributed by atoms with van der Waals surface area (Å²) in [5.41, 5.74) is 3.67. The minimum Gasteiger partial charge on any atom is -0.455 e. The van der Waals surface area contributed by atoms with Crippen LogP contribution < -0.4 is 5.46 Å². The van der Waals surface area contributed by atoms with E-state index in [0.29, 0.717) is 5.46 Å². The van der Waals surface area contributed by atoms with E-state index in [4.69, 9.17) is 4.53 Å². The molecule has 1 aliphatic rings. The zero-order chi connectivity index (χ0) is 15.8. The van der Waals surface area contributed by atoms with Gasteiger partial charge in [0.2, 0.25) is 0 Å². The number of nitrogens with zero attached hydrogens (tertiary/aromatic N) is 1. The first-order valence-electron chi connectivity index (χ1n) is 7.36. The number of fused-ring (bicyclic) bond motifs is 1. The Morgan fingerprint density at radius 1 is 1.19 bits per heavy atom. The molecule has 0 amide bonds. The Kier molecular flexibility index (Phi) is 4.33. The molecule has 114 valence electrons. The summed E-state index contributed by atoms with van der Waals surface area (Å²) < 4.78 is 5.94. The van der Waals surface area contributed by atoms with E-state index in [9.17, 15) is 10.0 Å². The van der Waals surface area contributed by atoms with Crippen molar-refractivity contribution >= 4 is 26.6 Å². The first-order valence-corrected chi connectivity index (χ1v) is 10.3. The molecule has 1 aromatic carbocycles. The monoisotopic (exact) mass is 305 g/mol. The van der Waals surface area contributed by atoms with Crippen LogP contribution in [0, 0.1) is 0 Å². The summed E-state index contributed by atoms with van der Waals surface area (Å²) in [5.74, 6) is 0. The molecule has 0 fully saturated rings. The zero-order valence-electron chi connectivity index (χ0n) is 13.5. The average molecular weight is 305 g/mol. The molecule has 0 radical (unpaired) electrons. The molecule has 0 heterocycles. The summed E-state index contributed by atoms with van der Waals surface area (Å²) in [6.07, 6.45) is 1.71. The van der Waals surface area contributed by atoms with E-state index in [2.05, 4.69) is 39.0 Å². The average Bonchev–Trinajstić information content (AvgIpc) is 2.77. The second-order valence-electron chi connectivity index (χ2n) is 7.18. The molecule has 2 rings (SSSR count). The third kappa shape index (κ3) is 3.39. The summed E-state index contributed by atoms with van der Waals surface area (Å²) in [7, 11) is -3.31. The largest absolute Gasteiger partial charge is 0.488 e. The lowest BCUT2D eigenvalue weighted by molar-refractivity contribution is 0.307. The van der Waals surface area contributed by atoms with Crippen LogP contribution in [0.3, 0.4) is 0 Å². The van der Waals surface area contributed by atoms with Crippen molar-refractivity contribution in [3.63, 3.8) is 0 Å². The molecule has 0 bridgehead atoms. The van der Waals surface area contributed by atoms with Crippen molar-refractivity contribution in [3.8, 4) is 0 Å². The van der Waals surface area contributed by atoms with Crippen LogP contribution >= 0.6 is 0 Å². The lowest BCUT2D eigenvalue weighted by Crippen LogP contribution is -2.39. The fourth-order valence-electron chi connectivity index (χ4n) is 2.05. The predicted octanol–water partition coefficient (Wildman–Crippen LogP) is 2.04. The number of aryl methyl sites for hydroxylation is 1. The standard InChI is InChI=1S/C15H24BNO3Si/c1-15(2,3)21(4,5)20-17-14-9-6-11-10-12(16(18)19)7-8-13(11)14/h7-8,10,18-19H,6,9H2,1-5H3. The van der Waals surface area contributed by atoms with Gasteiger partial charge in [-0.25, -0.2) is 0 Å². The topological polar surface area (TPSA) is 62.0 Å². The van der Waals surface area contributed by atoms with Crippen molar-refractivity contribution in [1.29, 1.82) is 0 Å².